The molecule has 5 nitrogen and oxygen atoms in total. The summed E-state index contributed by atoms with van der Waals surface area (Å²) in [5.74, 6) is -0.922. The molecule has 0 aromatic carbocycles. The molecule has 1 unspecified atom stereocenters. The minimum absolute atomic E-state index is 0.0621. The van der Waals surface area contributed by atoms with Gasteiger partial charge in [-0.05, 0) is 6.92 Å². The standard InChI is InChI=1S/C6H12N2O3/c1-4(3-5(9)10)8-6(11)7-2/h4H,3H2,1-2H3,(H,9,10)(H2,7,8,11). The number of carbonyl (C=O) groups is 2. The van der Waals surface area contributed by atoms with Gasteiger partial charge in [-0.2, -0.15) is 0 Å². The van der Waals surface area contributed by atoms with E-state index in [1.165, 1.54) is 7.05 Å². The lowest BCUT2D eigenvalue weighted by Gasteiger charge is -2.09. The Morgan fingerprint density at radius 1 is 1.55 bits per heavy atom. The maximum absolute atomic E-state index is 10.6. The van der Waals surface area contributed by atoms with Crippen LogP contribution in [-0.2, 0) is 4.79 Å². The molecule has 0 aromatic heterocycles. The second-order valence-corrected chi connectivity index (χ2v) is 2.22. The van der Waals surface area contributed by atoms with Crippen molar-refractivity contribution >= 4 is 12.0 Å². The molecule has 0 saturated carbocycles. The van der Waals surface area contributed by atoms with Crippen molar-refractivity contribution in [2.45, 2.75) is 19.4 Å². The highest BCUT2D eigenvalue weighted by Crippen LogP contribution is 1.88. The Bertz CT molecular complexity index is 158. The predicted molar refractivity (Wildman–Crippen MR) is 39.3 cm³/mol. The van der Waals surface area contributed by atoms with E-state index < -0.39 is 5.97 Å². The fourth-order valence-electron chi connectivity index (χ4n) is 0.609. The smallest absolute Gasteiger partial charge is 0.314 e. The summed E-state index contributed by atoms with van der Waals surface area (Å²) in [5, 5.41) is 13.1. The molecule has 11 heavy (non-hydrogen) atoms. The highest BCUT2D eigenvalue weighted by molar-refractivity contribution is 5.75. The molecule has 64 valence electrons. The van der Waals surface area contributed by atoms with E-state index >= 15 is 0 Å². The number of aliphatic carboxylic acids is 1. The maximum atomic E-state index is 10.6. The number of carboxylic acids is 1. The molecule has 0 aliphatic heterocycles. The van der Waals surface area contributed by atoms with Crippen LogP contribution in [-0.4, -0.2) is 30.2 Å². The van der Waals surface area contributed by atoms with Crippen LogP contribution in [0.1, 0.15) is 13.3 Å². The van der Waals surface area contributed by atoms with Crippen molar-refractivity contribution in [1.82, 2.24) is 10.6 Å². The Kier molecular flexibility index (Phi) is 4.02. The van der Waals surface area contributed by atoms with E-state index in [1.807, 2.05) is 0 Å². The monoisotopic (exact) mass is 160 g/mol. The molecule has 0 radical (unpaired) electrons. The van der Waals surface area contributed by atoms with Gasteiger partial charge in [-0.25, -0.2) is 4.79 Å². The fourth-order valence-corrected chi connectivity index (χ4v) is 0.609. The Morgan fingerprint density at radius 2 is 2.09 bits per heavy atom. The van der Waals surface area contributed by atoms with Crippen molar-refractivity contribution in [3.05, 3.63) is 0 Å². The van der Waals surface area contributed by atoms with Crippen LogP contribution in [0.2, 0.25) is 0 Å². The van der Waals surface area contributed by atoms with Crippen LogP contribution >= 0.6 is 0 Å². The Balaban J connectivity index is 3.60. The zero-order chi connectivity index (χ0) is 8.85. The summed E-state index contributed by atoms with van der Waals surface area (Å²) in [5.41, 5.74) is 0. The van der Waals surface area contributed by atoms with Crippen molar-refractivity contribution in [1.29, 1.82) is 0 Å². The molecular formula is C6H12N2O3. The molecule has 1 atom stereocenters. The summed E-state index contributed by atoms with van der Waals surface area (Å²) in [6.07, 6.45) is -0.0621. The van der Waals surface area contributed by atoms with Gasteiger partial charge in [0.1, 0.15) is 0 Å². The summed E-state index contributed by atoms with van der Waals surface area (Å²) in [7, 11) is 1.48. The van der Waals surface area contributed by atoms with Gasteiger partial charge in [0.25, 0.3) is 0 Å². The van der Waals surface area contributed by atoms with Gasteiger partial charge in [0.15, 0.2) is 0 Å². The molecule has 0 aliphatic carbocycles. The molecule has 5 heteroatoms. The van der Waals surface area contributed by atoms with Crippen molar-refractivity contribution in [2.24, 2.45) is 0 Å². The quantitative estimate of drug-likeness (QED) is 0.534. The van der Waals surface area contributed by atoms with E-state index in [1.54, 1.807) is 6.92 Å². The van der Waals surface area contributed by atoms with E-state index in [-0.39, 0.29) is 18.5 Å². The Hall–Kier alpha value is -1.26. The van der Waals surface area contributed by atoms with Crippen molar-refractivity contribution < 1.29 is 14.7 Å². The summed E-state index contributed by atoms with van der Waals surface area (Å²) in [4.78, 5) is 20.7. The lowest BCUT2D eigenvalue weighted by atomic mass is 10.2. The number of urea groups is 1. The number of carbonyl (C=O) groups excluding carboxylic acids is 1. The minimum atomic E-state index is -0.922. The van der Waals surface area contributed by atoms with Crippen LogP contribution in [0.15, 0.2) is 0 Å². The van der Waals surface area contributed by atoms with Crippen LogP contribution < -0.4 is 10.6 Å². The second kappa shape index (κ2) is 4.54. The lowest BCUT2D eigenvalue weighted by molar-refractivity contribution is -0.137. The molecule has 0 aromatic rings. The first-order chi connectivity index (χ1) is 5.06. The van der Waals surface area contributed by atoms with Crippen LogP contribution in [0.5, 0.6) is 0 Å². The van der Waals surface area contributed by atoms with E-state index in [2.05, 4.69) is 10.6 Å². The third-order valence-electron chi connectivity index (χ3n) is 1.09. The van der Waals surface area contributed by atoms with Crippen molar-refractivity contribution in [3.8, 4) is 0 Å². The SMILES string of the molecule is CNC(=O)NC(C)CC(=O)O. The van der Waals surface area contributed by atoms with Crippen LogP contribution in [0.25, 0.3) is 0 Å². The first kappa shape index (κ1) is 9.74. The molecule has 2 amide bonds. The third-order valence-corrected chi connectivity index (χ3v) is 1.09. The number of hydrogen-bond acceptors (Lipinski definition) is 2. The molecule has 3 N–H and O–H groups in total. The molecule has 0 spiro atoms. The highest BCUT2D eigenvalue weighted by Gasteiger charge is 2.08. The highest BCUT2D eigenvalue weighted by atomic mass is 16.4. The van der Waals surface area contributed by atoms with Crippen LogP contribution in [0.4, 0.5) is 4.79 Å². The van der Waals surface area contributed by atoms with Crippen LogP contribution in [0, 0.1) is 0 Å². The zero-order valence-electron chi connectivity index (χ0n) is 6.55. The molecule has 0 bridgehead atoms. The van der Waals surface area contributed by atoms with Gasteiger partial charge in [0, 0.05) is 13.1 Å². The predicted octanol–water partition coefficient (Wildman–Crippen LogP) is -0.221. The van der Waals surface area contributed by atoms with Gasteiger partial charge in [-0.15, -0.1) is 0 Å². The number of nitrogens with one attached hydrogen (secondary N) is 2. The van der Waals surface area contributed by atoms with Crippen molar-refractivity contribution in [3.63, 3.8) is 0 Å². The normalized spacial score (nSPS) is 11.8. The number of hydrogen-bond donors (Lipinski definition) is 3. The Labute approximate surface area is 64.8 Å². The van der Waals surface area contributed by atoms with Gasteiger partial charge < -0.3 is 15.7 Å². The number of rotatable bonds is 3. The van der Waals surface area contributed by atoms with E-state index in [0.717, 1.165) is 0 Å². The zero-order valence-corrected chi connectivity index (χ0v) is 6.55. The topological polar surface area (TPSA) is 78.4 Å². The van der Waals surface area contributed by atoms with Gasteiger partial charge in [-0.3, -0.25) is 4.79 Å². The number of carboxylic acid groups (broad SMARTS) is 1. The first-order valence-electron chi connectivity index (χ1n) is 3.26. The van der Waals surface area contributed by atoms with Gasteiger partial charge in [0.05, 0.1) is 6.42 Å². The van der Waals surface area contributed by atoms with Gasteiger partial charge in [-0.1, -0.05) is 0 Å². The van der Waals surface area contributed by atoms with E-state index in [9.17, 15) is 9.59 Å². The fraction of sp³-hybridized carbons (Fsp3) is 0.667. The summed E-state index contributed by atoms with van der Waals surface area (Å²) in [6, 6.07) is -0.703. The minimum Gasteiger partial charge on any atom is -0.481 e. The number of amides is 2. The molecule has 0 heterocycles. The van der Waals surface area contributed by atoms with E-state index in [4.69, 9.17) is 5.11 Å². The summed E-state index contributed by atoms with van der Waals surface area (Å²) >= 11 is 0. The van der Waals surface area contributed by atoms with Crippen molar-refractivity contribution in [2.75, 3.05) is 7.05 Å². The Morgan fingerprint density at radius 3 is 2.45 bits per heavy atom. The second-order valence-electron chi connectivity index (χ2n) is 2.22. The first-order valence-corrected chi connectivity index (χ1v) is 3.26. The average Bonchev–Trinajstić information content (AvgIpc) is 1.85. The molecule has 0 rings (SSSR count). The molecular weight excluding hydrogens is 148 g/mol. The summed E-state index contributed by atoms with van der Waals surface area (Å²) in [6.45, 7) is 1.63. The van der Waals surface area contributed by atoms with E-state index in [0.29, 0.717) is 0 Å². The molecule has 0 aliphatic rings. The van der Waals surface area contributed by atoms with Gasteiger partial charge in [0.2, 0.25) is 0 Å². The largest absolute Gasteiger partial charge is 0.481 e. The van der Waals surface area contributed by atoms with Crippen LogP contribution in [0.3, 0.4) is 0 Å². The maximum Gasteiger partial charge on any atom is 0.314 e. The molecule has 0 fully saturated rings. The third kappa shape index (κ3) is 5.20. The summed E-state index contributed by atoms with van der Waals surface area (Å²) < 4.78 is 0. The van der Waals surface area contributed by atoms with Gasteiger partial charge >= 0.3 is 12.0 Å². The average molecular weight is 160 g/mol. The molecule has 0 saturated heterocycles. The lowest BCUT2D eigenvalue weighted by Crippen LogP contribution is -2.39.